The number of alkyl halides is 4. The Morgan fingerprint density at radius 1 is 1.40 bits per heavy atom. The quantitative estimate of drug-likeness (QED) is 0.810. The molecule has 0 saturated carbocycles. The monoisotopic (exact) mass is 308 g/mol. The maximum Gasteiger partial charge on any atom is 0.431 e. The van der Waals surface area contributed by atoms with Gasteiger partial charge in [0.25, 0.3) is 5.56 Å². The fourth-order valence-corrected chi connectivity index (χ4v) is 2.33. The van der Waals surface area contributed by atoms with Gasteiger partial charge in [-0.15, -0.1) is 11.6 Å². The van der Waals surface area contributed by atoms with E-state index < -0.39 is 23.1 Å². The van der Waals surface area contributed by atoms with Gasteiger partial charge in [0, 0.05) is 17.1 Å². The third kappa shape index (κ3) is 2.82. The minimum atomic E-state index is -4.76. The summed E-state index contributed by atoms with van der Waals surface area (Å²) >= 11 is 6.02. The number of aromatic amines is 1. The van der Waals surface area contributed by atoms with Crippen molar-refractivity contribution in [2.24, 2.45) is 5.92 Å². The van der Waals surface area contributed by atoms with Gasteiger partial charge in [-0.3, -0.25) is 4.79 Å². The van der Waals surface area contributed by atoms with Crippen molar-refractivity contribution in [2.45, 2.75) is 31.3 Å². The van der Waals surface area contributed by atoms with Gasteiger partial charge in [0.15, 0.2) is 0 Å². The average Bonchev–Trinajstić information content (AvgIpc) is 2.31. The summed E-state index contributed by atoms with van der Waals surface area (Å²) in [7, 11) is 0. The van der Waals surface area contributed by atoms with E-state index in [1.165, 1.54) is 0 Å². The fourth-order valence-electron chi connectivity index (χ4n) is 2.15. The molecule has 4 nitrogen and oxygen atoms in total. The van der Waals surface area contributed by atoms with Crippen molar-refractivity contribution < 1.29 is 13.2 Å². The molecule has 110 valence electrons. The average molecular weight is 309 g/mol. The van der Waals surface area contributed by atoms with Gasteiger partial charge in [0.2, 0.25) is 0 Å². The summed E-state index contributed by atoms with van der Waals surface area (Å²) in [5.41, 5.74) is -3.04. The number of halogens is 4. The van der Waals surface area contributed by atoms with Crippen molar-refractivity contribution in [3.8, 4) is 0 Å². The molecular formula is C12H12ClF3N2O2. The Bertz CT molecular complexity index is 629. The number of hydrogen-bond donors (Lipinski definition) is 1. The van der Waals surface area contributed by atoms with Crippen LogP contribution in [0.2, 0.25) is 0 Å². The Morgan fingerprint density at radius 2 is 2.05 bits per heavy atom. The van der Waals surface area contributed by atoms with E-state index in [2.05, 4.69) is 0 Å². The zero-order chi connectivity index (χ0) is 15.1. The van der Waals surface area contributed by atoms with Crippen LogP contribution in [0.3, 0.4) is 0 Å². The van der Waals surface area contributed by atoms with Crippen LogP contribution in [0.25, 0.3) is 5.70 Å². The third-order valence-electron chi connectivity index (χ3n) is 3.23. The molecule has 0 radical (unpaired) electrons. The molecule has 0 amide bonds. The molecule has 1 N–H and O–H groups in total. The first-order valence-corrected chi connectivity index (χ1v) is 6.42. The number of allylic oxidation sites excluding steroid dienone is 2. The van der Waals surface area contributed by atoms with Gasteiger partial charge in [-0.1, -0.05) is 13.0 Å². The molecule has 0 fully saturated rings. The SMILES string of the molecule is CC1C=C(n2c(=O)cc(C(F)(F)F)[nH]c2=O)CCC1Cl. The highest BCUT2D eigenvalue weighted by Gasteiger charge is 2.33. The first-order valence-electron chi connectivity index (χ1n) is 5.99. The molecule has 0 spiro atoms. The normalized spacial score (nSPS) is 23.6. The van der Waals surface area contributed by atoms with Crippen LogP contribution in [-0.4, -0.2) is 14.9 Å². The van der Waals surface area contributed by atoms with Crippen molar-refractivity contribution in [3.63, 3.8) is 0 Å². The van der Waals surface area contributed by atoms with E-state index in [0.29, 0.717) is 24.6 Å². The van der Waals surface area contributed by atoms with Crippen molar-refractivity contribution in [1.82, 2.24) is 9.55 Å². The maximum atomic E-state index is 12.5. The van der Waals surface area contributed by atoms with Gasteiger partial charge in [-0.25, -0.2) is 9.36 Å². The van der Waals surface area contributed by atoms with Crippen molar-refractivity contribution in [2.75, 3.05) is 0 Å². The molecular weight excluding hydrogens is 297 g/mol. The largest absolute Gasteiger partial charge is 0.431 e. The van der Waals surface area contributed by atoms with Gasteiger partial charge in [0.05, 0.1) is 0 Å². The van der Waals surface area contributed by atoms with Crippen LogP contribution in [0, 0.1) is 5.92 Å². The maximum absolute atomic E-state index is 12.5. The van der Waals surface area contributed by atoms with Crippen molar-refractivity contribution in [3.05, 3.63) is 38.7 Å². The molecule has 2 unspecified atom stereocenters. The molecule has 0 aliphatic heterocycles. The summed E-state index contributed by atoms with van der Waals surface area (Å²) in [5.74, 6) is -0.0611. The molecule has 0 saturated heterocycles. The second-order valence-electron chi connectivity index (χ2n) is 4.73. The summed E-state index contributed by atoms with van der Waals surface area (Å²) < 4.78 is 38.2. The summed E-state index contributed by atoms with van der Waals surface area (Å²) in [6, 6.07) is 0.389. The molecule has 1 heterocycles. The summed E-state index contributed by atoms with van der Waals surface area (Å²) in [6.45, 7) is 1.82. The lowest BCUT2D eigenvalue weighted by molar-refractivity contribution is -0.141. The number of nitrogens with one attached hydrogen (secondary N) is 1. The Morgan fingerprint density at radius 3 is 2.55 bits per heavy atom. The second kappa shape index (κ2) is 5.12. The van der Waals surface area contributed by atoms with E-state index in [9.17, 15) is 22.8 Å². The van der Waals surface area contributed by atoms with Gasteiger partial charge in [-0.2, -0.15) is 13.2 Å². The number of aromatic nitrogens is 2. The highest BCUT2D eigenvalue weighted by molar-refractivity contribution is 6.21. The van der Waals surface area contributed by atoms with Gasteiger partial charge in [-0.05, 0) is 18.8 Å². The Kier molecular flexibility index (Phi) is 3.82. The smallest absolute Gasteiger partial charge is 0.303 e. The lowest BCUT2D eigenvalue weighted by Gasteiger charge is -2.23. The second-order valence-corrected chi connectivity index (χ2v) is 5.29. The highest BCUT2D eigenvalue weighted by atomic mass is 35.5. The van der Waals surface area contributed by atoms with E-state index in [0.717, 1.165) is 4.57 Å². The third-order valence-corrected chi connectivity index (χ3v) is 3.84. The zero-order valence-electron chi connectivity index (χ0n) is 10.5. The van der Waals surface area contributed by atoms with E-state index in [1.54, 1.807) is 11.1 Å². The summed E-state index contributed by atoms with van der Waals surface area (Å²) in [4.78, 5) is 25.2. The highest BCUT2D eigenvalue weighted by Crippen LogP contribution is 2.29. The zero-order valence-corrected chi connectivity index (χ0v) is 11.3. The van der Waals surface area contributed by atoms with E-state index in [1.807, 2.05) is 6.92 Å². The predicted octanol–water partition coefficient (Wildman–Crippen LogP) is 2.43. The van der Waals surface area contributed by atoms with Crippen LogP contribution in [0.5, 0.6) is 0 Å². The van der Waals surface area contributed by atoms with E-state index in [-0.39, 0.29) is 11.3 Å². The van der Waals surface area contributed by atoms with Crippen LogP contribution in [0.4, 0.5) is 13.2 Å². The first-order chi connectivity index (χ1) is 9.20. The lowest BCUT2D eigenvalue weighted by atomic mass is 9.94. The van der Waals surface area contributed by atoms with Crippen molar-refractivity contribution >= 4 is 17.3 Å². The number of H-pyrrole nitrogens is 1. The minimum absolute atomic E-state index is 0.0611. The predicted molar refractivity (Wildman–Crippen MR) is 68.6 cm³/mol. The van der Waals surface area contributed by atoms with Gasteiger partial charge >= 0.3 is 11.9 Å². The van der Waals surface area contributed by atoms with Gasteiger partial charge in [0.1, 0.15) is 5.69 Å². The Balaban J connectivity index is 2.53. The number of rotatable bonds is 1. The first kappa shape index (κ1) is 14.9. The van der Waals surface area contributed by atoms with Gasteiger partial charge < -0.3 is 4.98 Å². The molecule has 2 atom stereocenters. The lowest BCUT2D eigenvalue weighted by Crippen LogP contribution is -2.37. The molecule has 20 heavy (non-hydrogen) atoms. The van der Waals surface area contributed by atoms with Crippen LogP contribution >= 0.6 is 11.6 Å². The molecule has 8 heteroatoms. The molecule has 0 aromatic carbocycles. The van der Waals surface area contributed by atoms with Crippen LogP contribution in [0.1, 0.15) is 25.5 Å². The van der Waals surface area contributed by atoms with Crippen LogP contribution < -0.4 is 11.2 Å². The fraction of sp³-hybridized carbons (Fsp3) is 0.500. The van der Waals surface area contributed by atoms with Crippen molar-refractivity contribution in [1.29, 1.82) is 0 Å². The molecule has 2 rings (SSSR count). The molecule has 1 aromatic heterocycles. The molecule has 1 aromatic rings. The number of nitrogens with zero attached hydrogens (tertiary/aromatic N) is 1. The van der Waals surface area contributed by atoms with E-state index >= 15 is 0 Å². The molecule has 1 aliphatic rings. The Hall–Kier alpha value is -1.50. The summed E-state index contributed by atoms with van der Waals surface area (Å²) in [6.07, 6.45) is -2.19. The standard InChI is InChI=1S/C12H12ClF3N2O2/c1-6-4-7(2-3-8(6)13)18-10(19)5-9(12(14,15)16)17-11(18)20/h4-6,8H,2-3H2,1H3,(H,17,20). The van der Waals surface area contributed by atoms with Crippen LogP contribution in [0.15, 0.2) is 21.7 Å². The number of hydrogen-bond acceptors (Lipinski definition) is 2. The molecule has 0 bridgehead atoms. The van der Waals surface area contributed by atoms with Crippen LogP contribution in [-0.2, 0) is 6.18 Å². The Labute approximate surface area is 116 Å². The molecule has 1 aliphatic carbocycles. The summed E-state index contributed by atoms with van der Waals surface area (Å²) in [5, 5.41) is -0.108. The topological polar surface area (TPSA) is 54.9 Å². The van der Waals surface area contributed by atoms with E-state index in [4.69, 9.17) is 11.6 Å². The minimum Gasteiger partial charge on any atom is -0.303 e.